The van der Waals surface area contributed by atoms with Gasteiger partial charge in [0.05, 0.1) is 5.57 Å². The average Bonchev–Trinajstić information content (AvgIpc) is 2.38. The highest BCUT2D eigenvalue weighted by atomic mass is 16.5. The Morgan fingerprint density at radius 2 is 2.00 bits per heavy atom. The van der Waals surface area contributed by atoms with Gasteiger partial charge >= 0.3 is 0 Å². The first kappa shape index (κ1) is 9.90. The van der Waals surface area contributed by atoms with Crippen molar-refractivity contribution in [3.63, 3.8) is 0 Å². The van der Waals surface area contributed by atoms with E-state index in [0.29, 0.717) is 5.57 Å². The van der Waals surface area contributed by atoms with Crippen LogP contribution in [-0.2, 0) is 4.79 Å². The van der Waals surface area contributed by atoms with Gasteiger partial charge in [0.15, 0.2) is 0 Å². The lowest BCUT2D eigenvalue weighted by Gasteiger charge is -2.18. The van der Waals surface area contributed by atoms with Crippen LogP contribution in [0.1, 0.15) is 5.56 Å². The first-order valence-electron chi connectivity index (χ1n) is 5.40. The topological polar surface area (TPSA) is 52.3 Å². The number of fused-ring (bicyclic) bond motifs is 3. The molecule has 0 atom stereocenters. The van der Waals surface area contributed by atoms with Crippen LogP contribution in [0.5, 0.6) is 5.75 Å². The lowest BCUT2D eigenvalue weighted by molar-refractivity contribution is -0.114. The summed E-state index contributed by atoms with van der Waals surface area (Å²) >= 11 is 0. The Balaban J connectivity index is 2.24. The van der Waals surface area contributed by atoms with Crippen molar-refractivity contribution in [1.82, 2.24) is 0 Å². The standard InChI is InChI=1S/C14H11NO2/c15-14(16)11-7-10-6-5-9-3-1-2-4-12(9)13(10)17-8-11/h1-7H,8H2,(H2,15,16). The molecule has 0 saturated heterocycles. The van der Waals surface area contributed by atoms with Crippen LogP contribution in [0.4, 0.5) is 0 Å². The zero-order chi connectivity index (χ0) is 11.8. The number of rotatable bonds is 1. The van der Waals surface area contributed by atoms with Gasteiger partial charge < -0.3 is 10.5 Å². The van der Waals surface area contributed by atoms with Crippen LogP contribution >= 0.6 is 0 Å². The van der Waals surface area contributed by atoms with Gasteiger partial charge in [0.1, 0.15) is 12.4 Å². The van der Waals surface area contributed by atoms with Crippen molar-refractivity contribution in [2.24, 2.45) is 5.73 Å². The van der Waals surface area contributed by atoms with Gasteiger partial charge in [0.25, 0.3) is 0 Å². The number of benzene rings is 2. The van der Waals surface area contributed by atoms with Crippen molar-refractivity contribution in [3.05, 3.63) is 47.5 Å². The average molecular weight is 225 g/mol. The Kier molecular flexibility index (Phi) is 2.11. The number of primary amides is 1. The summed E-state index contributed by atoms with van der Waals surface area (Å²) in [5.41, 5.74) is 6.66. The maximum absolute atomic E-state index is 11.1. The molecule has 0 radical (unpaired) electrons. The molecule has 1 heterocycles. The third kappa shape index (κ3) is 1.56. The zero-order valence-electron chi connectivity index (χ0n) is 9.14. The molecular formula is C14H11NO2. The predicted molar refractivity (Wildman–Crippen MR) is 66.6 cm³/mol. The second-order valence-corrected chi connectivity index (χ2v) is 4.03. The van der Waals surface area contributed by atoms with Crippen molar-refractivity contribution in [2.75, 3.05) is 6.61 Å². The molecule has 17 heavy (non-hydrogen) atoms. The maximum Gasteiger partial charge on any atom is 0.248 e. The summed E-state index contributed by atoms with van der Waals surface area (Å²) < 4.78 is 5.64. The van der Waals surface area contributed by atoms with Gasteiger partial charge in [-0.2, -0.15) is 0 Å². The fraction of sp³-hybridized carbons (Fsp3) is 0.0714. The molecule has 0 aliphatic carbocycles. The van der Waals surface area contributed by atoms with E-state index in [1.54, 1.807) is 6.08 Å². The van der Waals surface area contributed by atoms with Gasteiger partial charge in [0, 0.05) is 10.9 Å². The quantitative estimate of drug-likeness (QED) is 0.808. The summed E-state index contributed by atoms with van der Waals surface area (Å²) in [4.78, 5) is 11.1. The fourth-order valence-corrected chi connectivity index (χ4v) is 2.06. The van der Waals surface area contributed by atoms with Gasteiger partial charge in [-0.25, -0.2) is 0 Å². The Morgan fingerprint density at radius 3 is 2.82 bits per heavy atom. The van der Waals surface area contributed by atoms with E-state index < -0.39 is 5.91 Å². The Hall–Kier alpha value is -2.29. The number of nitrogens with two attached hydrogens (primary N) is 1. The maximum atomic E-state index is 11.1. The molecule has 0 bridgehead atoms. The lowest BCUT2D eigenvalue weighted by atomic mass is 10.0. The molecule has 1 aliphatic rings. The molecule has 2 aromatic rings. The second-order valence-electron chi connectivity index (χ2n) is 4.03. The molecule has 1 amide bonds. The van der Waals surface area contributed by atoms with Crippen LogP contribution in [-0.4, -0.2) is 12.5 Å². The third-order valence-corrected chi connectivity index (χ3v) is 2.93. The van der Waals surface area contributed by atoms with Crippen molar-refractivity contribution in [3.8, 4) is 5.75 Å². The molecule has 0 aromatic heterocycles. The number of amides is 1. The molecule has 84 valence electrons. The number of carbonyl (C=O) groups excluding carboxylic acids is 1. The molecular weight excluding hydrogens is 214 g/mol. The highest BCUT2D eigenvalue weighted by molar-refractivity contribution is 6.00. The summed E-state index contributed by atoms with van der Waals surface area (Å²) in [5.74, 6) is 0.400. The van der Waals surface area contributed by atoms with Gasteiger partial charge in [-0.05, 0) is 11.5 Å². The number of carbonyl (C=O) groups is 1. The highest BCUT2D eigenvalue weighted by Crippen LogP contribution is 2.34. The predicted octanol–water partition coefficient (Wildman–Crippen LogP) is 2.10. The fourth-order valence-electron chi connectivity index (χ4n) is 2.06. The summed E-state index contributed by atoms with van der Waals surface area (Å²) in [6, 6.07) is 12.0. The monoisotopic (exact) mass is 225 g/mol. The van der Waals surface area contributed by atoms with E-state index in [0.717, 1.165) is 22.1 Å². The largest absolute Gasteiger partial charge is 0.487 e. The smallest absolute Gasteiger partial charge is 0.248 e. The first-order chi connectivity index (χ1) is 8.25. The molecule has 3 heteroatoms. The van der Waals surface area contributed by atoms with E-state index in [2.05, 4.69) is 0 Å². The van der Waals surface area contributed by atoms with Gasteiger partial charge in [-0.15, -0.1) is 0 Å². The highest BCUT2D eigenvalue weighted by Gasteiger charge is 2.16. The molecule has 3 rings (SSSR count). The van der Waals surface area contributed by atoms with Gasteiger partial charge in [-0.3, -0.25) is 4.79 Å². The van der Waals surface area contributed by atoms with Crippen molar-refractivity contribution >= 4 is 22.8 Å². The van der Waals surface area contributed by atoms with Crippen LogP contribution in [0.3, 0.4) is 0 Å². The minimum absolute atomic E-state index is 0.246. The molecule has 3 nitrogen and oxygen atoms in total. The minimum atomic E-state index is -0.427. The molecule has 2 N–H and O–H groups in total. The van der Waals surface area contributed by atoms with E-state index in [9.17, 15) is 4.79 Å². The van der Waals surface area contributed by atoms with E-state index in [1.165, 1.54) is 0 Å². The first-order valence-corrected chi connectivity index (χ1v) is 5.40. The third-order valence-electron chi connectivity index (χ3n) is 2.93. The number of hydrogen-bond donors (Lipinski definition) is 1. The summed E-state index contributed by atoms with van der Waals surface area (Å²) in [7, 11) is 0. The molecule has 0 fully saturated rings. The zero-order valence-corrected chi connectivity index (χ0v) is 9.14. The van der Waals surface area contributed by atoms with Crippen LogP contribution in [0.15, 0.2) is 42.0 Å². The van der Waals surface area contributed by atoms with Gasteiger partial charge in [0.2, 0.25) is 5.91 Å². The molecule has 0 saturated carbocycles. The van der Waals surface area contributed by atoms with Crippen molar-refractivity contribution in [2.45, 2.75) is 0 Å². The summed E-state index contributed by atoms with van der Waals surface area (Å²) in [6.07, 6.45) is 1.80. The Bertz CT molecular complexity index is 644. The second kappa shape index (κ2) is 3.63. The van der Waals surface area contributed by atoms with Crippen molar-refractivity contribution in [1.29, 1.82) is 0 Å². The van der Waals surface area contributed by atoms with Gasteiger partial charge in [-0.1, -0.05) is 36.4 Å². The summed E-state index contributed by atoms with van der Waals surface area (Å²) in [6.45, 7) is 0.246. The van der Waals surface area contributed by atoms with E-state index >= 15 is 0 Å². The van der Waals surface area contributed by atoms with E-state index in [-0.39, 0.29) is 6.61 Å². The minimum Gasteiger partial charge on any atom is -0.487 e. The molecule has 0 spiro atoms. The Morgan fingerprint density at radius 1 is 1.18 bits per heavy atom. The Labute approximate surface area is 98.5 Å². The van der Waals surface area contributed by atoms with Crippen LogP contribution in [0.25, 0.3) is 16.8 Å². The van der Waals surface area contributed by atoms with Crippen LogP contribution < -0.4 is 10.5 Å². The van der Waals surface area contributed by atoms with E-state index in [4.69, 9.17) is 10.5 Å². The molecule has 1 aliphatic heterocycles. The summed E-state index contributed by atoms with van der Waals surface area (Å²) in [5, 5.41) is 2.19. The molecule has 0 unspecified atom stereocenters. The SMILES string of the molecule is NC(=O)C1=Cc2ccc3ccccc3c2OC1. The van der Waals surface area contributed by atoms with E-state index in [1.807, 2.05) is 36.4 Å². The number of hydrogen-bond acceptors (Lipinski definition) is 2. The molecule has 2 aromatic carbocycles. The van der Waals surface area contributed by atoms with Crippen LogP contribution in [0.2, 0.25) is 0 Å². The normalized spacial score (nSPS) is 13.8. The lowest BCUT2D eigenvalue weighted by Crippen LogP contribution is -2.21. The van der Waals surface area contributed by atoms with Crippen molar-refractivity contribution < 1.29 is 9.53 Å². The van der Waals surface area contributed by atoms with Crippen LogP contribution in [0, 0.1) is 0 Å². The number of ether oxygens (including phenoxy) is 1.